The second-order valence-corrected chi connectivity index (χ2v) is 5.22. The average molecular weight is 252 g/mol. The van der Waals surface area contributed by atoms with Gasteiger partial charge in [-0.2, -0.15) is 0 Å². The lowest BCUT2D eigenvalue weighted by Gasteiger charge is -2.30. The molecule has 0 bridgehead atoms. The fourth-order valence-electron chi connectivity index (χ4n) is 2.23. The van der Waals surface area contributed by atoms with Gasteiger partial charge in [0.05, 0.1) is 11.4 Å². The molecule has 0 unspecified atom stereocenters. The molecule has 1 aliphatic heterocycles. The summed E-state index contributed by atoms with van der Waals surface area (Å²) in [4.78, 5) is 9.09. The number of nitrogens with zero attached hydrogens (tertiary/aromatic N) is 2. The van der Waals surface area contributed by atoms with Gasteiger partial charge in [0.2, 0.25) is 0 Å². The highest BCUT2D eigenvalue weighted by Gasteiger charge is 2.29. The van der Waals surface area contributed by atoms with Gasteiger partial charge in [-0.15, -0.1) is 0 Å². The van der Waals surface area contributed by atoms with Crippen molar-refractivity contribution in [3.63, 3.8) is 0 Å². The first-order valence-electron chi connectivity index (χ1n) is 6.36. The van der Waals surface area contributed by atoms with E-state index in [-0.39, 0.29) is 0 Å². The fraction of sp³-hybridized carbons (Fsp3) is 0.250. The standard InChI is InChI=1S/C16H16N2O/c1-11-7-8-12-14(10-11)19-16(2,3)18-15(12)13-6-4-5-9-17-13/h4-10H,1-3H3. The van der Waals surface area contributed by atoms with Crippen LogP contribution in [0.15, 0.2) is 47.6 Å². The van der Waals surface area contributed by atoms with Crippen molar-refractivity contribution in [2.75, 3.05) is 0 Å². The maximum Gasteiger partial charge on any atom is 0.195 e. The van der Waals surface area contributed by atoms with E-state index in [4.69, 9.17) is 4.74 Å². The molecule has 2 aromatic rings. The molecule has 3 heteroatoms. The molecule has 3 nitrogen and oxygen atoms in total. The van der Waals surface area contributed by atoms with Crippen LogP contribution >= 0.6 is 0 Å². The molecule has 0 amide bonds. The predicted molar refractivity (Wildman–Crippen MR) is 75.8 cm³/mol. The molecule has 96 valence electrons. The maximum absolute atomic E-state index is 5.94. The molecule has 2 heterocycles. The zero-order valence-corrected chi connectivity index (χ0v) is 11.3. The number of fused-ring (bicyclic) bond motifs is 1. The molecule has 19 heavy (non-hydrogen) atoms. The number of aliphatic imine (C=N–C) groups is 1. The predicted octanol–water partition coefficient (Wildman–Crippen LogP) is 3.36. The van der Waals surface area contributed by atoms with Crippen molar-refractivity contribution in [2.24, 2.45) is 4.99 Å². The Bertz CT molecular complexity index is 645. The van der Waals surface area contributed by atoms with Crippen LogP contribution in [0.2, 0.25) is 0 Å². The Morgan fingerprint density at radius 3 is 2.68 bits per heavy atom. The van der Waals surface area contributed by atoms with E-state index in [1.165, 1.54) is 5.56 Å². The zero-order valence-electron chi connectivity index (χ0n) is 11.3. The summed E-state index contributed by atoms with van der Waals surface area (Å²) in [6.45, 7) is 5.98. The lowest BCUT2D eigenvalue weighted by atomic mass is 10.0. The van der Waals surface area contributed by atoms with Crippen molar-refractivity contribution in [3.05, 3.63) is 59.4 Å². The second-order valence-electron chi connectivity index (χ2n) is 5.22. The third-order valence-corrected chi connectivity index (χ3v) is 3.04. The Kier molecular flexibility index (Phi) is 2.63. The summed E-state index contributed by atoms with van der Waals surface area (Å²) < 4.78 is 5.94. The number of hydrogen-bond donors (Lipinski definition) is 0. The molecule has 0 N–H and O–H groups in total. The summed E-state index contributed by atoms with van der Waals surface area (Å²) in [5, 5.41) is 0. The van der Waals surface area contributed by atoms with Crippen LogP contribution in [0.3, 0.4) is 0 Å². The van der Waals surface area contributed by atoms with Gasteiger partial charge in [0.25, 0.3) is 0 Å². The minimum absolute atomic E-state index is 0.562. The van der Waals surface area contributed by atoms with Gasteiger partial charge in [-0.3, -0.25) is 4.98 Å². The first kappa shape index (κ1) is 11.9. The van der Waals surface area contributed by atoms with Gasteiger partial charge in [-0.05, 0) is 50.6 Å². The van der Waals surface area contributed by atoms with E-state index in [1.54, 1.807) is 6.20 Å². The van der Waals surface area contributed by atoms with Crippen LogP contribution in [0, 0.1) is 6.92 Å². The van der Waals surface area contributed by atoms with Crippen molar-refractivity contribution < 1.29 is 4.74 Å². The number of aryl methyl sites for hydroxylation is 1. The number of pyridine rings is 1. The molecule has 0 saturated carbocycles. The highest BCUT2D eigenvalue weighted by Crippen LogP contribution is 2.32. The highest BCUT2D eigenvalue weighted by molar-refractivity contribution is 6.14. The van der Waals surface area contributed by atoms with Crippen molar-refractivity contribution >= 4 is 5.71 Å². The zero-order chi connectivity index (χ0) is 13.5. The van der Waals surface area contributed by atoms with E-state index < -0.39 is 5.72 Å². The van der Waals surface area contributed by atoms with Gasteiger partial charge in [-0.25, -0.2) is 4.99 Å². The quantitative estimate of drug-likeness (QED) is 0.780. The highest BCUT2D eigenvalue weighted by atomic mass is 16.5. The first-order valence-corrected chi connectivity index (χ1v) is 6.36. The maximum atomic E-state index is 5.94. The van der Waals surface area contributed by atoms with Gasteiger partial charge < -0.3 is 4.74 Å². The molecule has 1 aromatic carbocycles. The minimum atomic E-state index is -0.562. The van der Waals surface area contributed by atoms with Crippen molar-refractivity contribution in [2.45, 2.75) is 26.5 Å². The van der Waals surface area contributed by atoms with Crippen molar-refractivity contribution in [1.82, 2.24) is 4.98 Å². The van der Waals surface area contributed by atoms with E-state index in [1.807, 2.05) is 38.1 Å². The van der Waals surface area contributed by atoms with Crippen LogP contribution in [0.1, 0.15) is 30.7 Å². The summed E-state index contributed by atoms with van der Waals surface area (Å²) in [5.41, 5.74) is 3.39. The second kappa shape index (κ2) is 4.19. The fourth-order valence-corrected chi connectivity index (χ4v) is 2.23. The smallest absolute Gasteiger partial charge is 0.195 e. The Hall–Kier alpha value is -2.16. The van der Waals surface area contributed by atoms with Crippen molar-refractivity contribution in [1.29, 1.82) is 0 Å². The third-order valence-electron chi connectivity index (χ3n) is 3.04. The van der Waals surface area contributed by atoms with Gasteiger partial charge in [0.1, 0.15) is 5.75 Å². The Morgan fingerprint density at radius 2 is 1.95 bits per heavy atom. The van der Waals surface area contributed by atoms with Crippen molar-refractivity contribution in [3.8, 4) is 5.75 Å². The summed E-state index contributed by atoms with van der Waals surface area (Å²) in [5.74, 6) is 0.876. The van der Waals surface area contributed by atoms with Gasteiger partial charge in [0.15, 0.2) is 5.72 Å². The molecule has 0 atom stereocenters. The van der Waals surface area contributed by atoms with Crippen LogP contribution in [0.4, 0.5) is 0 Å². The molecule has 0 fully saturated rings. The van der Waals surface area contributed by atoms with Crippen LogP contribution < -0.4 is 4.74 Å². The number of rotatable bonds is 1. The van der Waals surface area contributed by atoms with Crippen LogP contribution in [0.5, 0.6) is 5.75 Å². The van der Waals surface area contributed by atoms with E-state index in [0.29, 0.717) is 0 Å². The summed E-state index contributed by atoms with van der Waals surface area (Å²) in [7, 11) is 0. The molecule has 0 aliphatic carbocycles. The molecule has 0 radical (unpaired) electrons. The normalized spacial score (nSPS) is 16.3. The molecule has 1 aliphatic rings. The molecular formula is C16H16N2O. The van der Waals surface area contributed by atoms with Gasteiger partial charge in [0, 0.05) is 11.8 Å². The largest absolute Gasteiger partial charge is 0.466 e. The monoisotopic (exact) mass is 252 g/mol. The molecule has 1 aromatic heterocycles. The van der Waals surface area contributed by atoms with Crippen LogP contribution in [-0.2, 0) is 0 Å². The Labute approximate surface area is 113 Å². The average Bonchev–Trinajstić information content (AvgIpc) is 2.37. The van der Waals surface area contributed by atoms with E-state index in [0.717, 1.165) is 22.7 Å². The van der Waals surface area contributed by atoms with E-state index in [2.05, 4.69) is 29.0 Å². The molecular weight excluding hydrogens is 236 g/mol. The van der Waals surface area contributed by atoms with Crippen LogP contribution in [-0.4, -0.2) is 16.4 Å². The molecule has 0 saturated heterocycles. The number of aromatic nitrogens is 1. The molecule has 0 spiro atoms. The third kappa shape index (κ3) is 2.24. The Morgan fingerprint density at radius 1 is 1.11 bits per heavy atom. The summed E-state index contributed by atoms with van der Waals surface area (Å²) in [6, 6.07) is 12.0. The summed E-state index contributed by atoms with van der Waals surface area (Å²) in [6.07, 6.45) is 1.79. The van der Waals surface area contributed by atoms with Gasteiger partial charge >= 0.3 is 0 Å². The Balaban J connectivity index is 2.20. The number of ether oxygens (including phenoxy) is 1. The summed E-state index contributed by atoms with van der Waals surface area (Å²) >= 11 is 0. The number of hydrogen-bond acceptors (Lipinski definition) is 3. The molecule has 3 rings (SSSR count). The lowest BCUT2D eigenvalue weighted by molar-refractivity contribution is 0.115. The van der Waals surface area contributed by atoms with Crippen LogP contribution in [0.25, 0.3) is 0 Å². The van der Waals surface area contributed by atoms with Gasteiger partial charge in [-0.1, -0.05) is 12.1 Å². The topological polar surface area (TPSA) is 34.5 Å². The first-order chi connectivity index (χ1) is 9.05. The van der Waals surface area contributed by atoms with E-state index in [9.17, 15) is 0 Å². The van der Waals surface area contributed by atoms with E-state index >= 15 is 0 Å². The lowest BCUT2D eigenvalue weighted by Crippen LogP contribution is -2.32. The SMILES string of the molecule is Cc1ccc2c(c1)OC(C)(C)N=C2c1ccccn1. The number of benzene rings is 1. The minimum Gasteiger partial charge on any atom is -0.466 e.